The standard InChI is InChI=1S/C22H20ClN5O5S2/c1-32-20-13-18(25-21(27-20)33-2)28-35(30,31)16-10-8-15(9-11-16)24-22(34)26-19(29)12-7-14-5-3-4-6-17(14)23/h3-13H,1-2H3,(H,25,27,28)(H2,24,26,29,34). The number of rotatable bonds is 8. The van der Waals surface area contributed by atoms with Crippen molar-refractivity contribution in [2.75, 3.05) is 24.3 Å². The molecular weight excluding hydrogens is 514 g/mol. The molecule has 10 nitrogen and oxygen atoms in total. The molecule has 0 spiro atoms. The molecule has 35 heavy (non-hydrogen) atoms. The van der Waals surface area contributed by atoms with Crippen LogP contribution in [-0.2, 0) is 14.8 Å². The summed E-state index contributed by atoms with van der Waals surface area (Å²) < 4.78 is 37.7. The monoisotopic (exact) mass is 533 g/mol. The number of halogens is 1. The van der Waals surface area contributed by atoms with Crippen LogP contribution in [0.1, 0.15) is 5.56 Å². The van der Waals surface area contributed by atoms with Gasteiger partial charge in [0.1, 0.15) is 0 Å². The van der Waals surface area contributed by atoms with Crippen LogP contribution in [0.5, 0.6) is 11.9 Å². The molecule has 1 aromatic heterocycles. The van der Waals surface area contributed by atoms with Gasteiger partial charge in [0.2, 0.25) is 11.8 Å². The third-order valence-electron chi connectivity index (χ3n) is 4.29. The number of sulfonamides is 1. The zero-order chi connectivity index (χ0) is 25.4. The first-order valence-corrected chi connectivity index (χ1v) is 12.1. The van der Waals surface area contributed by atoms with Crippen molar-refractivity contribution in [1.29, 1.82) is 0 Å². The zero-order valence-electron chi connectivity index (χ0n) is 18.5. The minimum atomic E-state index is -3.97. The number of thiocarbonyl (C=S) groups is 1. The van der Waals surface area contributed by atoms with E-state index < -0.39 is 15.9 Å². The minimum absolute atomic E-state index is 0.0235. The third kappa shape index (κ3) is 7.37. The molecule has 3 aromatic rings. The summed E-state index contributed by atoms with van der Waals surface area (Å²) in [4.78, 5) is 19.9. The van der Waals surface area contributed by atoms with E-state index in [1.165, 1.54) is 50.6 Å². The van der Waals surface area contributed by atoms with Gasteiger partial charge in [-0.2, -0.15) is 9.97 Å². The first-order chi connectivity index (χ1) is 16.7. The molecule has 0 fully saturated rings. The predicted octanol–water partition coefficient (Wildman–Crippen LogP) is 3.47. The van der Waals surface area contributed by atoms with Crippen molar-refractivity contribution in [2.45, 2.75) is 4.90 Å². The summed E-state index contributed by atoms with van der Waals surface area (Å²) >= 11 is 11.2. The Bertz CT molecular complexity index is 1340. The lowest BCUT2D eigenvalue weighted by Gasteiger charge is -2.11. The number of benzene rings is 2. The van der Waals surface area contributed by atoms with Crippen LogP contribution in [0.2, 0.25) is 5.02 Å². The number of amides is 1. The van der Waals surface area contributed by atoms with Gasteiger partial charge < -0.3 is 14.8 Å². The lowest BCUT2D eigenvalue weighted by molar-refractivity contribution is -0.115. The van der Waals surface area contributed by atoms with E-state index >= 15 is 0 Å². The van der Waals surface area contributed by atoms with Crippen molar-refractivity contribution in [2.24, 2.45) is 0 Å². The number of nitrogens with one attached hydrogen (secondary N) is 3. The number of aromatic nitrogens is 2. The molecule has 3 N–H and O–H groups in total. The predicted molar refractivity (Wildman–Crippen MR) is 137 cm³/mol. The first-order valence-electron chi connectivity index (χ1n) is 9.84. The molecule has 1 amide bonds. The Labute approximate surface area is 212 Å². The van der Waals surface area contributed by atoms with Gasteiger partial charge in [-0.3, -0.25) is 14.8 Å². The van der Waals surface area contributed by atoms with Crippen molar-refractivity contribution >= 4 is 62.4 Å². The SMILES string of the molecule is COc1cc(NS(=O)(=O)c2ccc(NC(=S)NC(=O)C=Cc3ccccc3Cl)cc2)nc(OC)n1. The highest BCUT2D eigenvalue weighted by Gasteiger charge is 2.17. The zero-order valence-corrected chi connectivity index (χ0v) is 20.9. The van der Waals surface area contributed by atoms with Gasteiger partial charge >= 0.3 is 6.01 Å². The lowest BCUT2D eigenvalue weighted by atomic mass is 10.2. The molecular formula is C22H20ClN5O5S2. The fourth-order valence-corrected chi connectivity index (χ4v) is 4.07. The summed E-state index contributed by atoms with van der Waals surface area (Å²) in [6, 6.07) is 14.0. The third-order valence-corrected chi connectivity index (χ3v) is 6.21. The van der Waals surface area contributed by atoms with Gasteiger partial charge in [0.25, 0.3) is 10.0 Å². The number of methoxy groups -OCH3 is 2. The molecule has 0 unspecified atom stereocenters. The van der Waals surface area contributed by atoms with Gasteiger partial charge in [-0.1, -0.05) is 29.8 Å². The Morgan fingerprint density at radius 1 is 1.06 bits per heavy atom. The summed E-state index contributed by atoms with van der Waals surface area (Å²) in [5.41, 5.74) is 1.15. The molecule has 0 saturated heterocycles. The maximum absolute atomic E-state index is 12.7. The second kappa shape index (κ2) is 11.6. The number of carbonyl (C=O) groups is 1. The van der Waals surface area contributed by atoms with Crippen molar-refractivity contribution < 1.29 is 22.7 Å². The molecule has 0 radical (unpaired) electrons. The maximum atomic E-state index is 12.7. The van der Waals surface area contributed by atoms with Gasteiger partial charge in [0, 0.05) is 22.9 Å². The molecule has 182 valence electrons. The van der Waals surface area contributed by atoms with Gasteiger partial charge in [0.15, 0.2) is 10.9 Å². The average Bonchev–Trinajstić information content (AvgIpc) is 2.83. The Morgan fingerprint density at radius 3 is 2.43 bits per heavy atom. The molecule has 0 aliphatic heterocycles. The largest absolute Gasteiger partial charge is 0.481 e. The highest BCUT2D eigenvalue weighted by atomic mass is 35.5. The normalized spacial score (nSPS) is 11.1. The van der Waals surface area contributed by atoms with E-state index in [0.29, 0.717) is 16.3 Å². The van der Waals surface area contributed by atoms with Crippen molar-refractivity contribution in [3.8, 4) is 11.9 Å². The van der Waals surface area contributed by atoms with E-state index in [9.17, 15) is 13.2 Å². The van der Waals surface area contributed by atoms with Crippen LogP contribution in [0.3, 0.4) is 0 Å². The van der Waals surface area contributed by atoms with Crippen molar-refractivity contribution in [1.82, 2.24) is 15.3 Å². The summed E-state index contributed by atoms with van der Waals surface area (Å²) in [6.45, 7) is 0. The molecule has 0 bridgehead atoms. The van der Waals surface area contributed by atoms with Gasteiger partial charge in [-0.25, -0.2) is 8.42 Å². The topological polar surface area (TPSA) is 132 Å². The molecule has 0 saturated carbocycles. The maximum Gasteiger partial charge on any atom is 0.321 e. The average molecular weight is 534 g/mol. The number of carbonyl (C=O) groups excluding carboxylic acids is 1. The highest BCUT2D eigenvalue weighted by Crippen LogP contribution is 2.21. The van der Waals surface area contributed by atoms with Crippen molar-refractivity contribution in [3.63, 3.8) is 0 Å². The molecule has 1 heterocycles. The summed E-state index contributed by atoms with van der Waals surface area (Å²) in [6.07, 6.45) is 2.86. The number of hydrogen-bond donors (Lipinski definition) is 3. The molecule has 0 aliphatic carbocycles. The quantitative estimate of drug-likeness (QED) is 0.294. The number of anilines is 2. The Balaban J connectivity index is 1.61. The lowest BCUT2D eigenvalue weighted by Crippen LogP contribution is -2.32. The first kappa shape index (κ1) is 25.9. The van der Waals surface area contributed by atoms with Gasteiger partial charge in [-0.05, 0) is 54.2 Å². The molecule has 0 aliphatic rings. The van der Waals surface area contributed by atoms with Crippen LogP contribution >= 0.6 is 23.8 Å². The molecule has 2 aromatic carbocycles. The van der Waals surface area contributed by atoms with E-state index in [-0.39, 0.29) is 27.7 Å². The van der Waals surface area contributed by atoms with Crippen LogP contribution in [0.15, 0.2) is 65.6 Å². The van der Waals surface area contributed by atoms with Crippen LogP contribution in [0.25, 0.3) is 6.08 Å². The van der Waals surface area contributed by atoms with Crippen LogP contribution < -0.4 is 24.8 Å². The second-order valence-corrected chi connectivity index (χ2v) is 9.21. The van der Waals surface area contributed by atoms with Gasteiger partial charge in [0.05, 0.1) is 19.1 Å². The Hall–Kier alpha value is -3.74. The molecule has 13 heteroatoms. The number of nitrogens with zero attached hydrogens (tertiary/aromatic N) is 2. The van der Waals surface area contributed by atoms with E-state index in [1.54, 1.807) is 30.3 Å². The van der Waals surface area contributed by atoms with Crippen molar-refractivity contribution in [3.05, 3.63) is 71.3 Å². The molecule has 0 atom stereocenters. The minimum Gasteiger partial charge on any atom is -0.481 e. The molecule has 3 rings (SSSR count). The van der Waals surface area contributed by atoms with E-state index in [4.69, 9.17) is 33.3 Å². The number of hydrogen-bond acceptors (Lipinski definition) is 8. The van der Waals surface area contributed by atoms with Crippen LogP contribution in [0, 0.1) is 0 Å². The van der Waals surface area contributed by atoms with E-state index in [1.807, 2.05) is 0 Å². The Morgan fingerprint density at radius 2 is 1.77 bits per heavy atom. The fourth-order valence-electron chi connectivity index (χ4n) is 2.66. The number of ether oxygens (including phenoxy) is 2. The van der Waals surface area contributed by atoms with E-state index in [0.717, 1.165) is 0 Å². The van der Waals surface area contributed by atoms with E-state index in [2.05, 4.69) is 25.3 Å². The van der Waals surface area contributed by atoms with Gasteiger partial charge in [-0.15, -0.1) is 0 Å². The summed E-state index contributed by atoms with van der Waals surface area (Å²) in [5.74, 6) is -0.350. The highest BCUT2D eigenvalue weighted by molar-refractivity contribution is 7.92. The summed E-state index contributed by atoms with van der Waals surface area (Å²) in [7, 11) is -1.24. The van der Waals surface area contributed by atoms with Crippen LogP contribution in [0.4, 0.5) is 11.5 Å². The summed E-state index contributed by atoms with van der Waals surface area (Å²) in [5, 5.41) is 5.86. The second-order valence-electron chi connectivity index (χ2n) is 6.71. The smallest absolute Gasteiger partial charge is 0.321 e. The Kier molecular flexibility index (Phi) is 8.58. The fraction of sp³-hybridized carbons (Fsp3) is 0.0909. The van der Waals surface area contributed by atoms with Crippen LogP contribution in [-0.4, -0.2) is 43.6 Å².